The summed E-state index contributed by atoms with van der Waals surface area (Å²) in [7, 11) is 0. The van der Waals surface area contributed by atoms with Crippen molar-refractivity contribution in [2.75, 3.05) is 6.61 Å². The SMILES string of the molecule is C=CC(=O)O.[CH2]CCCO. The third kappa shape index (κ3) is 27.2. The average molecular weight is 145 g/mol. The molecule has 0 atom stereocenters. The van der Waals surface area contributed by atoms with Crippen LogP contribution in [0, 0.1) is 6.92 Å². The van der Waals surface area contributed by atoms with Crippen molar-refractivity contribution in [3.8, 4) is 0 Å². The van der Waals surface area contributed by atoms with Crippen LogP contribution >= 0.6 is 0 Å². The van der Waals surface area contributed by atoms with Crippen LogP contribution in [-0.2, 0) is 4.79 Å². The monoisotopic (exact) mass is 145 g/mol. The van der Waals surface area contributed by atoms with Gasteiger partial charge in [0.2, 0.25) is 0 Å². The van der Waals surface area contributed by atoms with Gasteiger partial charge >= 0.3 is 5.97 Å². The molecule has 0 fully saturated rings. The molecule has 0 heterocycles. The molecule has 1 radical (unpaired) electrons. The molecule has 59 valence electrons. The van der Waals surface area contributed by atoms with E-state index < -0.39 is 5.97 Å². The van der Waals surface area contributed by atoms with Gasteiger partial charge < -0.3 is 10.2 Å². The number of hydrogen-bond acceptors (Lipinski definition) is 2. The second kappa shape index (κ2) is 11.0. The van der Waals surface area contributed by atoms with E-state index in [9.17, 15) is 4.79 Å². The predicted molar refractivity (Wildman–Crippen MR) is 39.5 cm³/mol. The van der Waals surface area contributed by atoms with Crippen LogP contribution in [0.3, 0.4) is 0 Å². The van der Waals surface area contributed by atoms with Gasteiger partial charge in [-0.2, -0.15) is 0 Å². The molecule has 0 spiro atoms. The minimum absolute atomic E-state index is 0.281. The summed E-state index contributed by atoms with van der Waals surface area (Å²) in [4.78, 5) is 9.25. The number of rotatable bonds is 3. The Hall–Kier alpha value is -0.830. The fourth-order valence-corrected chi connectivity index (χ4v) is 0.112. The minimum atomic E-state index is -0.981. The van der Waals surface area contributed by atoms with Crippen molar-refractivity contribution >= 4 is 5.97 Å². The van der Waals surface area contributed by atoms with Crippen LogP contribution < -0.4 is 0 Å². The maximum absolute atomic E-state index is 9.25. The fraction of sp³-hybridized carbons (Fsp3) is 0.429. The third-order valence-corrected chi connectivity index (χ3v) is 0.583. The van der Waals surface area contributed by atoms with Crippen LogP contribution in [0.25, 0.3) is 0 Å². The van der Waals surface area contributed by atoms with Crippen LogP contribution in [0.1, 0.15) is 12.8 Å². The van der Waals surface area contributed by atoms with Gasteiger partial charge in [-0.25, -0.2) is 4.79 Å². The maximum Gasteiger partial charge on any atom is 0.327 e. The molecule has 2 N–H and O–H groups in total. The van der Waals surface area contributed by atoms with Crippen molar-refractivity contribution < 1.29 is 15.0 Å². The van der Waals surface area contributed by atoms with Gasteiger partial charge in [-0.15, -0.1) is 0 Å². The number of carbonyl (C=O) groups is 1. The van der Waals surface area contributed by atoms with Gasteiger partial charge in [0.25, 0.3) is 0 Å². The lowest BCUT2D eigenvalue weighted by Crippen LogP contribution is -1.82. The quantitative estimate of drug-likeness (QED) is 0.579. The Morgan fingerprint density at radius 1 is 1.60 bits per heavy atom. The van der Waals surface area contributed by atoms with Crippen LogP contribution in [0.15, 0.2) is 12.7 Å². The molecule has 0 unspecified atom stereocenters. The molecule has 0 aromatic rings. The summed E-state index contributed by atoms with van der Waals surface area (Å²) in [6.45, 7) is 6.76. The smallest absolute Gasteiger partial charge is 0.327 e. The highest BCUT2D eigenvalue weighted by atomic mass is 16.4. The van der Waals surface area contributed by atoms with Crippen molar-refractivity contribution in [3.05, 3.63) is 19.6 Å². The minimum Gasteiger partial charge on any atom is -0.478 e. The summed E-state index contributed by atoms with van der Waals surface area (Å²) in [5, 5.41) is 15.6. The topological polar surface area (TPSA) is 57.5 Å². The third-order valence-electron chi connectivity index (χ3n) is 0.583. The van der Waals surface area contributed by atoms with Crippen molar-refractivity contribution in [2.24, 2.45) is 0 Å². The molecule has 0 aliphatic rings. The van der Waals surface area contributed by atoms with Crippen LogP contribution in [0.5, 0.6) is 0 Å². The number of carboxylic acid groups (broad SMARTS) is 1. The summed E-state index contributed by atoms with van der Waals surface area (Å²) in [6.07, 6.45) is 2.51. The molecular weight excluding hydrogens is 132 g/mol. The summed E-state index contributed by atoms with van der Waals surface area (Å²) in [5.74, 6) is -0.981. The highest BCUT2D eigenvalue weighted by Gasteiger charge is 1.73. The van der Waals surface area contributed by atoms with Crippen molar-refractivity contribution in [2.45, 2.75) is 12.8 Å². The van der Waals surface area contributed by atoms with Crippen molar-refractivity contribution in [3.63, 3.8) is 0 Å². The molecule has 3 nitrogen and oxygen atoms in total. The first kappa shape index (κ1) is 11.9. The second-order valence-corrected chi connectivity index (χ2v) is 1.47. The Balaban J connectivity index is 0. The zero-order chi connectivity index (χ0) is 8.41. The van der Waals surface area contributed by atoms with Crippen molar-refractivity contribution in [1.29, 1.82) is 0 Å². The Morgan fingerprint density at radius 3 is 2.00 bits per heavy atom. The van der Waals surface area contributed by atoms with Crippen LogP contribution in [0.4, 0.5) is 0 Å². The molecule has 0 bridgehead atoms. The van der Waals surface area contributed by atoms with Gasteiger partial charge in [0, 0.05) is 12.7 Å². The standard InChI is InChI=1S/C4H9O.C3H4O2/c1-2-3-4-5;1-2-3(4)5/h5H,1-4H2;2H,1H2,(H,4,5). The first-order chi connectivity index (χ1) is 4.68. The number of aliphatic hydroxyl groups excluding tert-OH is 1. The van der Waals surface area contributed by atoms with Gasteiger partial charge in [0.05, 0.1) is 0 Å². The molecule has 0 saturated heterocycles. The molecule has 0 saturated carbocycles. The zero-order valence-corrected chi connectivity index (χ0v) is 5.92. The number of aliphatic hydroxyl groups is 1. The van der Waals surface area contributed by atoms with E-state index in [4.69, 9.17) is 10.2 Å². The van der Waals surface area contributed by atoms with E-state index in [0.29, 0.717) is 0 Å². The lowest BCUT2D eigenvalue weighted by Gasteiger charge is -1.79. The van der Waals surface area contributed by atoms with Crippen LogP contribution in [-0.4, -0.2) is 22.8 Å². The summed E-state index contributed by atoms with van der Waals surface area (Å²) in [6, 6.07) is 0. The molecule has 0 aliphatic heterocycles. The summed E-state index contributed by atoms with van der Waals surface area (Å²) in [5.41, 5.74) is 0. The lowest BCUT2D eigenvalue weighted by atomic mass is 10.4. The first-order valence-corrected chi connectivity index (χ1v) is 2.94. The Bertz CT molecular complexity index is 86.9. The molecule has 10 heavy (non-hydrogen) atoms. The fourth-order valence-electron chi connectivity index (χ4n) is 0.112. The first-order valence-electron chi connectivity index (χ1n) is 2.94. The number of hydrogen-bond donors (Lipinski definition) is 2. The molecule has 0 amide bonds. The largest absolute Gasteiger partial charge is 0.478 e. The molecule has 0 aromatic heterocycles. The van der Waals surface area contributed by atoms with Gasteiger partial charge in [0.1, 0.15) is 0 Å². The van der Waals surface area contributed by atoms with Gasteiger partial charge in [-0.05, 0) is 6.42 Å². The average Bonchev–Trinajstić information content (AvgIpc) is 1.91. The van der Waals surface area contributed by atoms with E-state index in [2.05, 4.69) is 13.5 Å². The lowest BCUT2D eigenvalue weighted by molar-refractivity contribution is -0.131. The Kier molecular flexibility index (Phi) is 13.1. The second-order valence-electron chi connectivity index (χ2n) is 1.47. The molecule has 0 rings (SSSR count). The van der Waals surface area contributed by atoms with Gasteiger partial charge in [-0.3, -0.25) is 0 Å². The van der Waals surface area contributed by atoms with Gasteiger partial charge in [-0.1, -0.05) is 19.9 Å². The summed E-state index contributed by atoms with van der Waals surface area (Å²) >= 11 is 0. The zero-order valence-electron chi connectivity index (χ0n) is 5.92. The van der Waals surface area contributed by atoms with Crippen molar-refractivity contribution in [1.82, 2.24) is 0 Å². The van der Waals surface area contributed by atoms with E-state index in [-0.39, 0.29) is 6.61 Å². The molecular formula is C7H13O3. The highest BCUT2D eigenvalue weighted by molar-refractivity contribution is 5.78. The van der Waals surface area contributed by atoms with Crippen LogP contribution in [0.2, 0.25) is 0 Å². The van der Waals surface area contributed by atoms with E-state index in [1.807, 2.05) is 0 Å². The molecule has 0 aromatic carbocycles. The normalized spacial score (nSPS) is 7.40. The number of unbranched alkanes of at least 4 members (excludes halogenated alkanes) is 1. The predicted octanol–water partition coefficient (Wildman–Crippen LogP) is 0.850. The van der Waals surface area contributed by atoms with E-state index in [1.54, 1.807) is 0 Å². The Morgan fingerprint density at radius 2 is 2.00 bits per heavy atom. The van der Waals surface area contributed by atoms with E-state index >= 15 is 0 Å². The van der Waals surface area contributed by atoms with E-state index in [0.717, 1.165) is 18.9 Å². The molecule has 0 aliphatic carbocycles. The number of carboxylic acids is 1. The van der Waals surface area contributed by atoms with Gasteiger partial charge in [0.15, 0.2) is 0 Å². The maximum atomic E-state index is 9.25. The summed E-state index contributed by atoms with van der Waals surface area (Å²) < 4.78 is 0. The van der Waals surface area contributed by atoms with E-state index in [1.165, 1.54) is 0 Å². The molecule has 3 heteroatoms. The number of aliphatic carboxylic acids is 1. The highest BCUT2D eigenvalue weighted by Crippen LogP contribution is 1.78. The Labute approximate surface area is 61.0 Å².